The number of carbonyl (C=O) groups is 1. The van der Waals surface area contributed by atoms with Crippen molar-refractivity contribution in [3.05, 3.63) is 27.9 Å². The first-order chi connectivity index (χ1) is 9.92. The molecule has 0 aliphatic carbocycles. The fourth-order valence-electron chi connectivity index (χ4n) is 2.26. The van der Waals surface area contributed by atoms with Gasteiger partial charge in [0, 0.05) is 13.1 Å². The number of ether oxygens (including phenoxy) is 1. The molecule has 1 aliphatic heterocycles. The van der Waals surface area contributed by atoms with Gasteiger partial charge in [-0.25, -0.2) is 4.98 Å². The molecule has 0 saturated carbocycles. The zero-order valence-corrected chi connectivity index (χ0v) is 11.4. The van der Waals surface area contributed by atoms with E-state index < -0.39 is 22.6 Å². The third kappa shape index (κ3) is 3.26. The number of morpholine rings is 1. The van der Waals surface area contributed by atoms with Crippen LogP contribution in [-0.2, 0) is 4.74 Å². The second kappa shape index (κ2) is 6.02. The Balaban J connectivity index is 2.31. The molecule has 0 aromatic carbocycles. The molecule has 2 atom stereocenters. The number of amides is 1. The lowest BCUT2D eigenvalue weighted by Crippen LogP contribution is -2.50. The molecule has 2 unspecified atom stereocenters. The lowest BCUT2D eigenvalue weighted by molar-refractivity contribution is -0.385. The molecule has 21 heavy (non-hydrogen) atoms. The fourth-order valence-corrected chi connectivity index (χ4v) is 2.26. The van der Waals surface area contributed by atoms with Crippen molar-refractivity contribution < 1.29 is 19.6 Å². The minimum Gasteiger partial charge on any atom is -0.394 e. The smallest absolute Gasteiger partial charge is 0.300 e. The quantitative estimate of drug-likeness (QED) is 0.582. The molecule has 1 aliphatic rings. The molecule has 1 saturated heterocycles. The Kier molecular flexibility index (Phi) is 4.34. The predicted molar refractivity (Wildman–Crippen MR) is 72.6 cm³/mol. The van der Waals surface area contributed by atoms with E-state index >= 15 is 0 Å². The first-order valence-corrected chi connectivity index (χ1v) is 6.38. The normalized spacial score (nSPS) is 22.1. The van der Waals surface area contributed by atoms with Gasteiger partial charge in [-0.05, 0) is 13.0 Å². The number of aliphatic hydroxyl groups is 1. The summed E-state index contributed by atoms with van der Waals surface area (Å²) in [7, 11) is 0. The van der Waals surface area contributed by atoms with Crippen LogP contribution in [-0.4, -0.2) is 57.7 Å². The molecule has 2 heterocycles. The monoisotopic (exact) mass is 296 g/mol. The number of aromatic nitrogens is 1. The number of nitrogens with two attached hydrogens (primary N) is 1. The van der Waals surface area contributed by atoms with Gasteiger partial charge in [-0.3, -0.25) is 14.9 Å². The van der Waals surface area contributed by atoms with Gasteiger partial charge in [0.2, 0.25) is 0 Å². The van der Waals surface area contributed by atoms with Crippen LogP contribution in [0.4, 0.5) is 11.5 Å². The maximum absolute atomic E-state index is 12.5. The molecule has 3 N–H and O–H groups in total. The molecule has 1 aromatic rings. The summed E-state index contributed by atoms with van der Waals surface area (Å²) in [6.07, 6.45) is 0.199. The molecule has 1 amide bonds. The predicted octanol–water partition coefficient (Wildman–Crippen LogP) is -0.206. The summed E-state index contributed by atoms with van der Waals surface area (Å²) >= 11 is 0. The second-order valence-electron chi connectivity index (χ2n) is 4.84. The minimum atomic E-state index is -0.674. The number of aliphatic hydroxyl groups excluding tert-OH is 1. The van der Waals surface area contributed by atoms with E-state index in [-0.39, 0.29) is 37.2 Å². The molecular formula is C12H16N4O5. The van der Waals surface area contributed by atoms with Gasteiger partial charge in [0.05, 0.1) is 23.7 Å². The van der Waals surface area contributed by atoms with Gasteiger partial charge < -0.3 is 20.5 Å². The number of rotatable bonds is 3. The highest BCUT2D eigenvalue weighted by Gasteiger charge is 2.32. The van der Waals surface area contributed by atoms with Crippen molar-refractivity contribution in [1.82, 2.24) is 9.88 Å². The molecule has 0 bridgehead atoms. The zero-order chi connectivity index (χ0) is 15.6. The number of carbonyl (C=O) groups excluding carboxylic acids is 1. The highest BCUT2D eigenvalue weighted by molar-refractivity contribution is 5.98. The Bertz CT molecular complexity index is 565. The third-order valence-corrected chi connectivity index (χ3v) is 3.15. The van der Waals surface area contributed by atoms with E-state index in [9.17, 15) is 14.9 Å². The summed E-state index contributed by atoms with van der Waals surface area (Å²) in [6, 6.07) is 1.19. The van der Waals surface area contributed by atoms with Crippen molar-refractivity contribution in [2.75, 3.05) is 25.4 Å². The molecule has 9 heteroatoms. The lowest BCUT2D eigenvalue weighted by Gasteiger charge is -2.36. The van der Waals surface area contributed by atoms with E-state index in [0.717, 1.165) is 6.20 Å². The third-order valence-electron chi connectivity index (χ3n) is 3.15. The number of anilines is 1. The van der Waals surface area contributed by atoms with Crippen LogP contribution in [0.3, 0.4) is 0 Å². The van der Waals surface area contributed by atoms with E-state index in [1.54, 1.807) is 6.92 Å². The fraction of sp³-hybridized carbons (Fsp3) is 0.500. The topological polar surface area (TPSA) is 132 Å². The van der Waals surface area contributed by atoms with Crippen LogP contribution in [0.5, 0.6) is 0 Å². The molecular weight excluding hydrogens is 280 g/mol. The molecule has 0 spiro atoms. The summed E-state index contributed by atoms with van der Waals surface area (Å²) in [6.45, 7) is 1.99. The Morgan fingerprint density at radius 1 is 1.67 bits per heavy atom. The Morgan fingerprint density at radius 2 is 2.38 bits per heavy atom. The minimum absolute atomic E-state index is 0.0315. The van der Waals surface area contributed by atoms with Crippen LogP contribution in [0, 0.1) is 10.1 Å². The number of pyridine rings is 1. The van der Waals surface area contributed by atoms with Gasteiger partial charge in [0.1, 0.15) is 17.6 Å². The number of nitrogen functional groups attached to an aromatic ring is 1. The van der Waals surface area contributed by atoms with Gasteiger partial charge in [0.15, 0.2) is 0 Å². The largest absolute Gasteiger partial charge is 0.394 e. The maximum Gasteiger partial charge on any atom is 0.300 e. The van der Waals surface area contributed by atoms with Crippen molar-refractivity contribution >= 4 is 17.4 Å². The molecule has 1 aromatic heterocycles. The van der Waals surface area contributed by atoms with Gasteiger partial charge in [-0.1, -0.05) is 0 Å². The molecule has 0 radical (unpaired) electrons. The van der Waals surface area contributed by atoms with Crippen LogP contribution in [0.1, 0.15) is 17.3 Å². The van der Waals surface area contributed by atoms with Crippen LogP contribution < -0.4 is 5.73 Å². The lowest BCUT2D eigenvalue weighted by atomic mass is 10.1. The summed E-state index contributed by atoms with van der Waals surface area (Å²) in [4.78, 5) is 27.9. The number of hydrogen-bond donors (Lipinski definition) is 2. The molecule has 114 valence electrons. The van der Waals surface area contributed by atoms with Gasteiger partial charge >= 0.3 is 0 Å². The number of nitro groups is 1. The average Bonchev–Trinajstić information content (AvgIpc) is 2.45. The zero-order valence-electron chi connectivity index (χ0n) is 11.4. The maximum atomic E-state index is 12.5. The first-order valence-electron chi connectivity index (χ1n) is 6.38. The van der Waals surface area contributed by atoms with Crippen LogP contribution in [0.25, 0.3) is 0 Å². The molecule has 9 nitrogen and oxygen atoms in total. The summed E-state index contributed by atoms with van der Waals surface area (Å²) in [5.41, 5.74) is 5.00. The Labute approximate surface area is 120 Å². The standard InChI is InChI=1S/C12H16N4O5/c1-7-4-15(5-8(6-17)21-7)12(18)9-2-11(13)14-3-10(9)16(19)20/h2-3,7-8,17H,4-6H2,1H3,(H2,13,14). The van der Waals surface area contributed by atoms with Gasteiger partial charge in [-0.15, -0.1) is 0 Å². The first kappa shape index (κ1) is 15.1. The van der Waals surface area contributed by atoms with Crippen molar-refractivity contribution in [3.8, 4) is 0 Å². The highest BCUT2D eigenvalue weighted by atomic mass is 16.6. The second-order valence-corrected chi connectivity index (χ2v) is 4.84. The Hall–Kier alpha value is -2.26. The Morgan fingerprint density at radius 3 is 3.00 bits per heavy atom. The van der Waals surface area contributed by atoms with Crippen LogP contribution >= 0.6 is 0 Å². The van der Waals surface area contributed by atoms with Gasteiger partial charge in [-0.2, -0.15) is 0 Å². The highest BCUT2D eigenvalue weighted by Crippen LogP contribution is 2.23. The average molecular weight is 296 g/mol. The SMILES string of the molecule is CC1CN(C(=O)c2cc(N)ncc2[N+](=O)[O-])CC(CO)O1. The van der Waals surface area contributed by atoms with Crippen molar-refractivity contribution in [2.24, 2.45) is 0 Å². The van der Waals surface area contributed by atoms with Crippen molar-refractivity contribution in [2.45, 2.75) is 19.1 Å². The molecule has 1 fully saturated rings. The number of hydrogen-bond acceptors (Lipinski definition) is 7. The summed E-state index contributed by atoms with van der Waals surface area (Å²) in [5.74, 6) is -0.492. The summed E-state index contributed by atoms with van der Waals surface area (Å²) < 4.78 is 5.44. The van der Waals surface area contributed by atoms with E-state index in [0.29, 0.717) is 0 Å². The number of nitrogens with zero attached hydrogens (tertiary/aromatic N) is 3. The van der Waals surface area contributed by atoms with E-state index in [1.165, 1.54) is 11.0 Å². The summed E-state index contributed by atoms with van der Waals surface area (Å²) in [5, 5.41) is 20.2. The van der Waals surface area contributed by atoms with Crippen LogP contribution in [0.15, 0.2) is 12.3 Å². The van der Waals surface area contributed by atoms with E-state index in [1.807, 2.05) is 0 Å². The van der Waals surface area contributed by atoms with Crippen LogP contribution in [0.2, 0.25) is 0 Å². The van der Waals surface area contributed by atoms with E-state index in [4.69, 9.17) is 15.6 Å². The molecule has 2 rings (SSSR count). The van der Waals surface area contributed by atoms with Crippen molar-refractivity contribution in [3.63, 3.8) is 0 Å². The van der Waals surface area contributed by atoms with E-state index in [2.05, 4.69) is 4.98 Å². The van der Waals surface area contributed by atoms with Gasteiger partial charge in [0.25, 0.3) is 11.6 Å². The van der Waals surface area contributed by atoms with Crippen molar-refractivity contribution in [1.29, 1.82) is 0 Å².